The fourth-order valence-electron chi connectivity index (χ4n) is 4.68. The van der Waals surface area contributed by atoms with E-state index in [1.54, 1.807) is 11.8 Å². The van der Waals surface area contributed by atoms with Crippen molar-refractivity contribution in [1.29, 1.82) is 0 Å². The second kappa shape index (κ2) is 10.5. The zero-order valence-electron chi connectivity index (χ0n) is 20.9. The van der Waals surface area contributed by atoms with Crippen LogP contribution in [0.5, 0.6) is 6.01 Å². The summed E-state index contributed by atoms with van der Waals surface area (Å²) in [6.07, 6.45) is -6.78. The SMILES string of the molecule is Cc1cc(C(F)(F)F)ccc1Nc1nc(OC2CCOC2)nc2c1CCN(c1ncccc1C(F)(F)F)CC2. The molecule has 0 aliphatic carbocycles. The maximum absolute atomic E-state index is 13.7. The molecule has 1 atom stereocenters. The highest BCUT2D eigenvalue weighted by atomic mass is 19.4. The lowest BCUT2D eigenvalue weighted by molar-refractivity contribution is -0.138. The molecule has 1 fully saturated rings. The van der Waals surface area contributed by atoms with Crippen LogP contribution in [-0.2, 0) is 29.9 Å². The first-order chi connectivity index (χ1) is 18.5. The van der Waals surface area contributed by atoms with Crippen molar-refractivity contribution in [3.8, 4) is 6.01 Å². The summed E-state index contributed by atoms with van der Waals surface area (Å²) in [5.41, 5.74) is 0.385. The van der Waals surface area contributed by atoms with Crippen molar-refractivity contribution in [2.45, 2.75) is 44.6 Å². The minimum atomic E-state index is -4.57. The summed E-state index contributed by atoms with van der Waals surface area (Å²) in [5.74, 6) is 0.161. The lowest BCUT2D eigenvalue weighted by Crippen LogP contribution is -2.29. The Bertz CT molecular complexity index is 1340. The molecule has 2 aliphatic rings. The maximum atomic E-state index is 13.7. The van der Waals surface area contributed by atoms with E-state index in [1.165, 1.54) is 18.3 Å². The number of nitrogens with one attached hydrogen (secondary N) is 1. The van der Waals surface area contributed by atoms with Crippen LogP contribution < -0.4 is 15.0 Å². The summed E-state index contributed by atoms with van der Waals surface area (Å²) in [4.78, 5) is 14.6. The number of benzene rings is 1. The third-order valence-corrected chi connectivity index (χ3v) is 6.68. The van der Waals surface area contributed by atoms with Gasteiger partial charge in [0.15, 0.2) is 0 Å². The highest BCUT2D eigenvalue weighted by Gasteiger charge is 2.36. The molecular formula is C26H25F6N5O2. The summed E-state index contributed by atoms with van der Waals surface area (Å²) in [7, 11) is 0. The Balaban J connectivity index is 1.48. The Morgan fingerprint density at radius 3 is 2.51 bits per heavy atom. The molecule has 4 heterocycles. The third kappa shape index (κ3) is 6.02. The normalized spacial score (nSPS) is 18.0. The molecule has 1 N–H and O–H groups in total. The monoisotopic (exact) mass is 553 g/mol. The molecule has 2 aromatic heterocycles. The molecule has 2 aliphatic heterocycles. The molecule has 1 aromatic carbocycles. The van der Waals surface area contributed by atoms with Gasteiger partial charge in [0.05, 0.1) is 30.0 Å². The summed E-state index contributed by atoms with van der Waals surface area (Å²) in [6.45, 7) is 2.87. The average molecular weight is 554 g/mol. The van der Waals surface area contributed by atoms with Crippen molar-refractivity contribution in [2.75, 3.05) is 36.5 Å². The average Bonchev–Trinajstić information content (AvgIpc) is 3.28. The fourth-order valence-corrected chi connectivity index (χ4v) is 4.68. The predicted molar refractivity (Wildman–Crippen MR) is 130 cm³/mol. The number of rotatable bonds is 5. The van der Waals surface area contributed by atoms with Crippen molar-refractivity contribution in [1.82, 2.24) is 15.0 Å². The number of halogens is 6. The molecule has 0 amide bonds. The smallest absolute Gasteiger partial charge is 0.419 e. The summed E-state index contributed by atoms with van der Waals surface area (Å²) >= 11 is 0. The third-order valence-electron chi connectivity index (χ3n) is 6.68. The van der Waals surface area contributed by atoms with Gasteiger partial charge in [-0.05, 0) is 49.2 Å². The predicted octanol–water partition coefficient (Wildman–Crippen LogP) is 5.73. The van der Waals surface area contributed by atoms with Gasteiger partial charge in [0.1, 0.15) is 17.7 Å². The van der Waals surface area contributed by atoms with Crippen LogP contribution in [-0.4, -0.2) is 47.4 Å². The van der Waals surface area contributed by atoms with Crippen molar-refractivity contribution < 1.29 is 35.8 Å². The molecule has 0 saturated carbocycles. The first-order valence-electron chi connectivity index (χ1n) is 12.4. The Morgan fingerprint density at radius 1 is 1.03 bits per heavy atom. The van der Waals surface area contributed by atoms with E-state index < -0.39 is 23.5 Å². The number of ether oxygens (including phenoxy) is 2. The van der Waals surface area contributed by atoms with Crippen molar-refractivity contribution in [2.24, 2.45) is 0 Å². The van der Waals surface area contributed by atoms with Gasteiger partial charge in [0.25, 0.3) is 0 Å². The topological polar surface area (TPSA) is 72.4 Å². The van der Waals surface area contributed by atoms with Crippen LogP contribution in [0.15, 0.2) is 36.5 Å². The lowest BCUT2D eigenvalue weighted by Gasteiger charge is -2.24. The first-order valence-corrected chi connectivity index (χ1v) is 12.4. The van der Waals surface area contributed by atoms with Gasteiger partial charge in [0, 0.05) is 43.4 Å². The number of nitrogens with zero attached hydrogens (tertiary/aromatic N) is 4. The van der Waals surface area contributed by atoms with Crippen LogP contribution in [0.4, 0.5) is 43.7 Å². The van der Waals surface area contributed by atoms with Gasteiger partial charge in [0.2, 0.25) is 0 Å². The van der Waals surface area contributed by atoms with E-state index in [-0.39, 0.29) is 43.9 Å². The molecule has 0 bridgehead atoms. The maximum Gasteiger partial charge on any atom is 0.419 e. The van der Waals surface area contributed by atoms with Gasteiger partial charge in [-0.2, -0.15) is 36.3 Å². The number of alkyl halides is 6. The largest absolute Gasteiger partial charge is 0.458 e. The molecule has 39 heavy (non-hydrogen) atoms. The van der Waals surface area contributed by atoms with Crippen molar-refractivity contribution >= 4 is 17.3 Å². The van der Waals surface area contributed by atoms with E-state index in [0.717, 1.165) is 18.2 Å². The van der Waals surface area contributed by atoms with Crippen LogP contribution >= 0.6 is 0 Å². The molecular weight excluding hydrogens is 528 g/mol. The molecule has 7 nitrogen and oxygen atoms in total. The Morgan fingerprint density at radius 2 is 1.82 bits per heavy atom. The molecule has 13 heteroatoms. The standard InChI is InChI=1S/C26H25F6N5O2/c1-15-13-16(25(27,28)29)4-5-20(15)34-22-18-6-10-37(23-19(26(30,31)32)3-2-9-33-23)11-7-21(18)35-24(36-22)39-17-8-12-38-14-17/h2-5,9,13,17H,6-8,10-12,14H2,1H3,(H,34,35,36). The summed E-state index contributed by atoms with van der Waals surface area (Å²) < 4.78 is 91.8. The number of aryl methyl sites for hydroxylation is 1. The molecule has 1 saturated heterocycles. The van der Waals surface area contributed by atoms with Gasteiger partial charge >= 0.3 is 18.4 Å². The van der Waals surface area contributed by atoms with Gasteiger partial charge < -0.3 is 19.7 Å². The van der Waals surface area contributed by atoms with E-state index in [2.05, 4.69) is 20.3 Å². The molecule has 0 spiro atoms. The lowest BCUT2D eigenvalue weighted by atomic mass is 10.1. The van der Waals surface area contributed by atoms with Gasteiger partial charge in [-0.1, -0.05) is 0 Å². The van der Waals surface area contributed by atoms with Gasteiger partial charge in [-0.25, -0.2) is 4.98 Å². The van der Waals surface area contributed by atoms with Crippen LogP contribution in [0.1, 0.15) is 34.4 Å². The van der Waals surface area contributed by atoms with Crippen molar-refractivity contribution in [3.63, 3.8) is 0 Å². The quantitative estimate of drug-likeness (QED) is 0.405. The zero-order chi connectivity index (χ0) is 27.8. The van der Waals surface area contributed by atoms with E-state index in [1.807, 2.05) is 0 Å². The summed E-state index contributed by atoms with van der Waals surface area (Å²) in [5, 5.41) is 3.12. The van der Waals surface area contributed by atoms with Crippen LogP contribution in [0, 0.1) is 6.92 Å². The minimum Gasteiger partial charge on any atom is -0.458 e. The van der Waals surface area contributed by atoms with E-state index >= 15 is 0 Å². The van der Waals surface area contributed by atoms with E-state index in [4.69, 9.17) is 9.47 Å². The number of anilines is 3. The van der Waals surface area contributed by atoms with E-state index in [0.29, 0.717) is 48.0 Å². The van der Waals surface area contributed by atoms with Crippen LogP contribution in [0.2, 0.25) is 0 Å². The second-order valence-corrected chi connectivity index (χ2v) is 9.40. The zero-order valence-corrected chi connectivity index (χ0v) is 20.9. The van der Waals surface area contributed by atoms with Crippen LogP contribution in [0.3, 0.4) is 0 Å². The van der Waals surface area contributed by atoms with Crippen LogP contribution in [0.25, 0.3) is 0 Å². The Labute approximate surface area is 220 Å². The number of pyridine rings is 1. The van der Waals surface area contributed by atoms with Crippen molar-refractivity contribution in [3.05, 3.63) is 64.5 Å². The number of hydrogen-bond acceptors (Lipinski definition) is 7. The number of fused-ring (bicyclic) bond motifs is 1. The minimum absolute atomic E-state index is 0.0681. The molecule has 208 valence electrons. The Kier molecular flexibility index (Phi) is 7.27. The molecule has 1 unspecified atom stereocenters. The molecule has 0 radical (unpaired) electrons. The highest BCUT2D eigenvalue weighted by Crippen LogP contribution is 2.37. The molecule has 3 aromatic rings. The number of aromatic nitrogens is 3. The van der Waals surface area contributed by atoms with Gasteiger partial charge in [-0.15, -0.1) is 0 Å². The summed E-state index contributed by atoms with van der Waals surface area (Å²) in [6, 6.07) is 5.65. The first kappa shape index (κ1) is 27.0. The number of hydrogen-bond donors (Lipinski definition) is 1. The second-order valence-electron chi connectivity index (χ2n) is 9.40. The van der Waals surface area contributed by atoms with E-state index in [9.17, 15) is 26.3 Å². The Hall–Kier alpha value is -3.61. The fraction of sp³-hybridized carbons (Fsp3) is 0.423. The van der Waals surface area contributed by atoms with Gasteiger partial charge in [-0.3, -0.25) is 0 Å². The highest BCUT2D eigenvalue weighted by molar-refractivity contribution is 5.65. The molecule has 5 rings (SSSR count).